The number of hydrogen-bond donors (Lipinski definition) is 3. The molecule has 1 aromatic carbocycles. The zero-order valence-electron chi connectivity index (χ0n) is 15.4. The minimum Gasteiger partial charge on any atom is -0.368 e. The van der Waals surface area contributed by atoms with E-state index in [1.54, 1.807) is 27.4 Å². The number of nitrogens with zero attached hydrogens (tertiary/aromatic N) is 6. The summed E-state index contributed by atoms with van der Waals surface area (Å²) in [4.78, 5) is 28.7. The van der Waals surface area contributed by atoms with Crippen molar-refractivity contribution >= 4 is 28.4 Å². The maximum atomic E-state index is 13.2. The van der Waals surface area contributed by atoms with Crippen molar-refractivity contribution < 1.29 is 0 Å². The van der Waals surface area contributed by atoms with Gasteiger partial charge in [-0.3, -0.25) is 9.36 Å². The van der Waals surface area contributed by atoms with Gasteiger partial charge in [-0.25, -0.2) is 9.50 Å². The molecule has 10 nitrogen and oxygen atoms in total. The fraction of sp³-hybridized carbons (Fsp3) is 0.105. The maximum absolute atomic E-state index is 13.2. The molecule has 0 fully saturated rings. The molecule has 0 aliphatic heterocycles. The van der Waals surface area contributed by atoms with E-state index in [1.807, 2.05) is 37.3 Å². The van der Waals surface area contributed by atoms with Crippen LogP contribution in [0.25, 0.3) is 22.4 Å². The normalized spacial score (nSPS) is 12.4. The van der Waals surface area contributed by atoms with Crippen LogP contribution >= 0.6 is 0 Å². The van der Waals surface area contributed by atoms with Gasteiger partial charge in [0.15, 0.2) is 17.3 Å². The number of nitrogens with two attached hydrogens (primary N) is 1. The van der Waals surface area contributed by atoms with Gasteiger partial charge in [0.25, 0.3) is 5.56 Å². The highest BCUT2D eigenvalue weighted by Gasteiger charge is 2.20. The van der Waals surface area contributed by atoms with Crippen molar-refractivity contribution in [1.29, 1.82) is 0 Å². The van der Waals surface area contributed by atoms with E-state index in [9.17, 15) is 4.79 Å². The molecule has 4 heterocycles. The summed E-state index contributed by atoms with van der Waals surface area (Å²) < 4.78 is 3.18. The second-order valence-electron chi connectivity index (χ2n) is 6.57. The number of anilines is 2. The van der Waals surface area contributed by atoms with E-state index in [1.165, 1.54) is 6.33 Å². The van der Waals surface area contributed by atoms with E-state index in [0.717, 1.165) is 5.69 Å². The van der Waals surface area contributed by atoms with Crippen LogP contribution in [-0.4, -0.2) is 34.1 Å². The number of rotatable bonds is 4. The topological polar surface area (TPSA) is 132 Å². The van der Waals surface area contributed by atoms with Crippen molar-refractivity contribution in [1.82, 2.24) is 34.1 Å². The lowest BCUT2D eigenvalue weighted by atomic mass is 10.2. The van der Waals surface area contributed by atoms with Gasteiger partial charge in [0.2, 0.25) is 5.95 Å². The Balaban J connectivity index is 1.67. The van der Waals surface area contributed by atoms with E-state index >= 15 is 0 Å². The van der Waals surface area contributed by atoms with Crippen molar-refractivity contribution in [3.63, 3.8) is 0 Å². The van der Waals surface area contributed by atoms with Crippen LogP contribution in [-0.2, 0) is 0 Å². The van der Waals surface area contributed by atoms with Crippen LogP contribution in [0.2, 0.25) is 0 Å². The molecule has 0 unspecified atom stereocenters. The largest absolute Gasteiger partial charge is 0.368 e. The van der Waals surface area contributed by atoms with Gasteiger partial charge in [0.05, 0.1) is 18.1 Å². The van der Waals surface area contributed by atoms with Gasteiger partial charge in [-0.15, -0.1) is 0 Å². The van der Waals surface area contributed by atoms with Gasteiger partial charge in [0.1, 0.15) is 11.0 Å². The van der Waals surface area contributed by atoms with Gasteiger partial charge in [-0.1, -0.05) is 18.2 Å². The highest BCUT2D eigenvalue weighted by atomic mass is 16.1. The summed E-state index contributed by atoms with van der Waals surface area (Å²) in [6.45, 7) is 1.90. The molecule has 4 aromatic heterocycles. The van der Waals surface area contributed by atoms with E-state index in [-0.39, 0.29) is 17.5 Å². The Labute approximate surface area is 164 Å². The molecule has 0 bridgehead atoms. The van der Waals surface area contributed by atoms with Crippen LogP contribution in [0.5, 0.6) is 0 Å². The summed E-state index contributed by atoms with van der Waals surface area (Å²) in [5.74, 6) is 1.11. The highest BCUT2D eigenvalue weighted by molar-refractivity contribution is 5.83. The fourth-order valence-electron chi connectivity index (χ4n) is 3.33. The van der Waals surface area contributed by atoms with E-state index in [0.29, 0.717) is 28.3 Å². The van der Waals surface area contributed by atoms with Gasteiger partial charge >= 0.3 is 0 Å². The number of nitrogens with one attached hydrogen (secondary N) is 2. The van der Waals surface area contributed by atoms with E-state index < -0.39 is 0 Å². The number of imidazole rings is 1. The second-order valence-corrected chi connectivity index (χ2v) is 6.57. The first-order valence-electron chi connectivity index (χ1n) is 9.00. The first-order chi connectivity index (χ1) is 14.1. The third kappa shape index (κ3) is 2.78. The molecular formula is C19H17N9O. The molecule has 0 amide bonds. The molecule has 10 heteroatoms. The number of nitrogen functional groups attached to an aromatic ring is 1. The summed E-state index contributed by atoms with van der Waals surface area (Å²) in [6.07, 6.45) is 3.27. The fourth-order valence-corrected chi connectivity index (χ4v) is 3.33. The van der Waals surface area contributed by atoms with Gasteiger partial charge in [0, 0.05) is 6.20 Å². The Morgan fingerprint density at radius 3 is 2.79 bits per heavy atom. The van der Waals surface area contributed by atoms with Crippen LogP contribution in [0, 0.1) is 0 Å². The minimum atomic E-state index is -0.379. The molecule has 5 rings (SSSR count). The summed E-state index contributed by atoms with van der Waals surface area (Å²) in [7, 11) is 0. The Bertz CT molecular complexity index is 1380. The average molecular weight is 387 g/mol. The van der Waals surface area contributed by atoms with Crippen LogP contribution in [0.1, 0.15) is 18.8 Å². The lowest BCUT2D eigenvalue weighted by molar-refractivity contribution is 0.673. The first-order valence-corrected chi connectivity index (χ1v) is 9.00. The number of benzene rings is 1. The SMILES string of the molecule is C[C@H](Nc1nc(N)nc2nc[nH]c12)c1nn2cccc2c(=O)n1-c1ccccc1. The molecule has 0 aliphatic carbocycles. The molecule has 0 saturated heterocycles. The predicted molar refractivity (Wildman–Crippen MR) is 109 cm³/mol. The Hall–Kier alpha value is -4.21. The molecule has 0 aliphatic rings. The number of para-hydroxylation sites is 1. The van der Waals surface area contributed by atoms with Crippen LogP contribution in [0.15, 0.2) is 59.8 Å². The van der Waals surface area contributed by atoms with E-state index in [4.69, 9.17) is 5.73 Å². The summed E-state index contributed by atoms with van der Waals surface area (Å²) in [6, 6.07) is 12.6. The van der Waals surface area contributed by atoms with Crippen LogP contribution in [0.3, 0.4) is 0 Å². The molecule has 29 heavy (non-hydrogen) atoms. The average Bonchev–Trinajstić information content (AvgIpc) is 3.37. The van der Waals surface area contributed by atoms with Gasteiger partial charge < -0.3 is 16.0 Å². The Morgan fingerprint density at radius 2 is 1.97 bits per heavy atom. The minimum absolute atomic E-state index is 0.105. The highest BCUT2D eigenvalue weighted by Crippen LogP contribution is 2.23. The van der Waals surface area contributed by atoms with Crippen molar-refractivity contribution in [2.45, 2.75) is 13.0 Å². The monoisotopic (exact) mass is 387 g/mol. The van der Waals surface area contributed by atoms with E-state index in [2.05, 4.69) is 30.4 Å². The lowest BCUT2D eigenvalue weighted by Gasteiger charge is -2.19. The first kappa shape index (κ1) is 16.9. The number of aromatic amines is 1. The van der Waals surface area contributed by atoms with Crippen molar-refractivity contribution in [2.75, 3.05) is 11.1 Å². The molecule has 1 atom stereocenters. The molecule has 4 N–H and O–H groups in total. The van der Waals surface area contributed by atoms with Crippen LogP contribution < -0.4 is 16.6 Å². The lowest BCUT2D eigenvalue weighted by Crippen LogP contribution is -2.29. The van der Waals surface area contributed by atoms with Crippen LogP contribution in [0.4, 0.5) is 11.8 Å². The molecule has 0 spiro atoms. The smallest absolute Gasteiger partial charge is 0.282 e. The number of hydrogen-bond acceptors (Lipinski definition) is 7. The summed E-state index contributed by atoms with van der Waals surface area (Å²) in [5, 5.41) is 7.96. The maximum Gasteiger partial charge on any atom is 0.282 e. The third-order valence-corrected chi connectivity index (χ3v) is 4.65. The Morgan fingerprint density at radius 1 is 1.14 bits per heavy atom. The molecular weight excluding hydrogens is 370 g/mol. The Kier molecular flexibility index (Phi) is 3.76. The second kappa shape index (κ2) is 6.44. The van der Waals surface area contributed by atoms with Gasteiger partial charge in [-0.05, 0) is 31.2 Å². The zero-order valence-corrected chi connectivity index (χ0v) is 15.4. The van der Waals surface area contributed by atoms with Crippen molar-refractivity contribution in [3.05, 3.63) is 71.2 Å². The van der Waals surface area contributed by atoms with Gasteiger partial charge in [-0.2, -0.15) is 15.1 Å². The van der Waals surface area contributed by atoms with Crippen molar-refractivity contribution in [3.8, 4) is 5.69 Å². The summed E-state index contributed by atoms with van der Waals surface area (Å²) >= 11 is 0. The van der Waals surface area contributed by atoms with Crippen molar-refractivity contribution in [2.24, 2.45) is 0 Å². The number of H-pyrrole nitrogens is 1. The third-order valence-electron chi connectivity index (χ3n) is 4.65. The molecule has 5 aromatic rings. The molecule has 0 radical (unpaired) electrons. The summed E-state index contributed by atoms with van der Waals surface area (Å²) in [5.41, 5.74) is 7.96. The zero-order chi connectivity index (χ0) is 20.0. The predicted octanol–water partition coefficient (Wildman–Crippen LogP) is 1.91. The number of fused-ring (bicyclic) bond motifs is 2. The quantitative estimate of drug-likeness (QED) is 0.429. The molecule has 144 valence electrons. The molecule has 0 saturated carbocycles. The standard InChI is InChI=1S/C19H17N9O/c1-11(23-16-14-15(22-10-21-14)24-19(20)25-16)17-26-27-9-5-8-13(27)18(29)28(17)12-6-3-2-4-7-12/h2-11H,1H3,(H4,20,21,22,23,24,25)/t11-/m0/s1. The number of aromatic nitrogens is 7.